The van der Waals surface area contributed by atoms with Crippen molar-refractivity contribution >= 4 is 371 Å². The zero-order valence-electron chi connectivity index (χ0n) is 14.2. The Hall–Kier alpha value is 12.1. The minimum atomic E-state index is -2.21. The van der Waals surface area contributed by atoms with Crippen LogP contribution in [0.3, 0.4) is 0 Å². The third kappa shape index (κ3) is 6.23. The van der Waals surface area contributed by atoms with E-state index in [2.05, 4.69) is 306 Å². The molecule has 2 saturated heterocycles. The van der Waals surface area contributed by atoms with Gasteiger partial charge in [-0.05, 0) is 9.26 Å². The first-order chi connectivity index (χ1) is 14.0. The minimum Gasteiger partial charge on any atom is -0.122 e. The lowest BCUT2D eigenvalue weighted by Crippen LogP contribution is -2.95. The smallest absolute Gasteiger partial charge is 0.122 e. The van der Waals surface area contributed by atoms with Crippen LogP contribution in [0.4, 0.5) is 0 Å². The molecule has 2 heterocycles. The quantitative estimate of drug-likeness (QED) is 0.191. The summed E-state index contributed by atoms with van der Waals surface area (Å²) in [6, 6.07) is 0. The average molecular weight is 1930 g/mol. The van der Waals surface area contributed by atoms with Gasteiger partial charge in [-0.15, -0.1) is 306 Å². The van der Waals surface area contributed by atoms with Gasteiger partial charge < -0.3 is 0 Å². The summed E-state index contributed by atoms with van der Waals surface area (Å²) in [5.41, 5.74) is 0.861. The van der Waals surface area contributed by atoms with Crippen LogP contribution in [0.2, 0.25) is 0 Å². The van der Waals surface area contributed by atoms with Crippen molar-refractivity contribution in [1.82, 2.24) is 0 Å². The highest BCUT2D eigenvalue weighted by molar-refractivity contribution is 9.86. The van der Waals surface area contributed by atoms with E-state index < -0.39 is 44.9 Å². The third-order valence-corrected chi connectivity index (χ3v) is 545. The van der Waals surface area contributed by atoms with E-state index >= 15 is 0 Å². The molecule has 0 nitrogen and oxygen atoms in total. The van der Waals surface area contributed by atoms with Gasteiger partial charge in [0.2, 0.25) is 26.1 Å². The van der Waals surface area contributed by atoms with E-state index in [4.69, 9.17) is 0 Å². The Morgan fingerprint density at radius 2 is 0.424 bits per heavy atom. The highest BCUT2D eigenvalue weighted by atomic mass is 80.0. The van der Waals surface area contributed by atoms with Crippen molar-refractivity contribution < 1.29 is 0 Å². The number of hydrogen-bond donors (Lipinski definition) is 0. The summed E-state index contributed by atoms with van der Waals surface area (Å²) < 4.78 is -21.7. The second-order valence-electron chi connectivity index (χ2n) is 6.97. The van der Waals surface area contributed by atoms with E-state index in [0.29, 0.717) is 20.2 Å². The van der Waals surface area contributed by atoms with E-state index in [9.17, 15) is 0 Å². The Morgan fingerprint density at radius 1 is 0.273 bits per heavy atom. The molecule has 0 N–H and O–H groups in total. The topological polar surface area (TPSA) is 0 Å². The Morgan fingerprint density at radius 3 is 0.576 bits per heavy atom. The average Bonchev–Trinajstić information content (AvgIpc) is 2.58. The molecule has 33 heavy (non-hydrogen) atoms. The van der Waals surface area contributed by atoms with E-state index in [1.807, 2.05) is 0 Å². The molecule has 33 heteroatoms. The van der Waals surface area contributed by atoms with Crippen LogP contribution in [-0.4, -0.2) is 65.1 Å². The molecule has 0 atom stereocenters. The van der Waals surface area contributed by atoms with Crippen LogP contribution in [-0.2, 0) is 0 Å². The first kappa shape index (κ1) is 41.3. The highest BCUT2D eigenvalue weighted by Gasteiger charge is 2.89. The maximum absolute atomic E-state index is 4.36. The molecule has 2 fully saturated rings. The normalized spacial score (nSPS) is 33.5. The van der Waals surface area contributed by atoms with Crippen LogP contribution in [0.5, 0.6) is 0 Å². The highest BCUT2D eigenvalue weighted by Crippen LogP contribution is 2.69. The van der Waals surface area contributed by atoms with Crippen LogP contribution in [0.1, 0.15) is 0 Å². The standard InChI is InChI=1S/B2Br20Si11/c3-24(4)1(25(5,6)29(13,14)32(19,20)28(24,11)12)23-2-26(7,8)30(15,16)33(21,22)31(17,18)27(2,9)10. The molecule has 0 unspecified atom stereocenters. The summed E-state index contributed by atoms with van der Waals surface area (Å²) in [6.45, 7) is 0. The van der Waals surface area contributed by atoms with Gasteiger partial charge in [-0.2, -0.15) is 0 Å². The van der Waals surface area contributed by atoms with Crippen LogP contribution in [0, 0.1) is 0 Å². The van der Waals surface area contributed by atoms with Crippen LogP contribution in [0.15, 0.2) is 0 Å². The Balaban J connectivity index is 2.81. The molecule has 2 rings (SSSR count). The molecule has 0 spiro atoms. The second-order valence-corrected chi connectivity index (χ2v) is 247. The molecule has 0 aromatic heterocycles. The number of hydrogen-bond acceptors (Lipinski definition) is 0. The molecule has 0 bridgehead atoms. The Bertz CT molecular complexity index is 687. The van der Waals surface area contributed by atoms with Crippen molar-refractivity contribution in [1.29, 1.82) is 0 Å². The fourth-order valence-electron chi connectivity index (χ4n) is 3.00. The lowest BCUT2D eigenvalue weighted by atomic mass is 10.6. The van der Waals surface area contributed by atoms with E-state index in [-0.39, 0.29) is 0 Å². The Kier molecular flexibility index (Phi) is 16.4. The van der Waals surface area contributed by atoms with Crippen molar-refractivity contribution in [2.45, 2.75) is 0 Å². The molecular formula is B2Br20Si11. The molecule has 0 aromatic carbocycles. The van der Waals surface area contributed by atoms with Gasteiger partial charge in [-0.3, -0.25) is 0 Å². The van der Waals surface area contributed by atoms with Gasteiger partial charge in [-0.25, -0.2) is 0 Å². The zero-order chi connectivity index (χ0) is 26.9. The van der Waals surface area contributed by atoms with Gasteiger partial charge in [0.15, 0.2) is 29.8 Å². The van der Waals surface area contributed by atoms with Crippen molar-refractivity contribution in [2.24, 2.45) is 0 Å². The van der Waals surface area contributed by atoms with Crippen LogP contribution >= 0.6 is 306 Å². The van der Waals surface area contributed by atoms with Gasteiger partial charge >= 0.3 is 0 Å². The van der Waals surface area contributed by atoms with Gasteiger partial charge in [0.25, 0.3) is 0 Å². The molecular weight excluding hydrogens is 1930 g/mol. The monoisotopic (exact) mass is 1910 g/mol. The van der Waals surface area contributed by atoms with Gasteiger partial charge in [0.1, 0.15) is 0 Å². The van der Waals surface area contributed by atoms with Crippen molar-refractivity contribution in [3.8, 4) is 0 Å². The lowest BCUT2D eigenvalue weighted by Gasteiger charge is -2.60. The van der Waals surface area contributed by atoms with Crippen molar-refractivity contribution in [3.05, 3.63) is 0 Å². The summed E-state index contributed by atoms with van der Waals surface area (Å²) in [7, 11) is 0.687. The van der Waals surface area contributed by atoms with E-state index in [1.165, 1.54) is 0 Å². The maximum Gasteiger partial charge on any atom is 0.228 e. The number of halogens is 20. The molecule has 0 aromatic rings. The van der Waals surface area contributed by atoms with Crippen LogP contribution in [0.25, 0.3) is 0 Å². The predicted octanol–water partition coefficient (Wildman–Crippen LogP) is 12.0. The predicted molar refractivity (Wildman–Crippen MR) is 253 cm³/mol. The summed E-state index contributed by atoms with van der Waals surface area (Å²) >= 11 is 86.1. The lowest BCUT2D eigenvalue weighted by molar-refractivity contribution is 3.30. The van der Waals surface area contributed by atoms with Gasteiger partial charge in [0, 0.05) is 0 Å². The molecule has 2 aliphatic heterocycles. The molecule has 2 aliphatic rings. The summed E-state index contributed by atoms with van der Waals surface area (Å²) in [6.07, 6.45) is 0. The molecule has 0 aliphatic carbocycles. The maximum atomic E-state index is 4.36. The van der Waals surface area contributed by atoms with E-state index in [0.717, 1.165) is 0 Å². The van der Waals surface area contributed by atoms with Crippen molar-refractivity contribution in [3.63, 3.8) is 0 Å². The van der Waals surface area contributed by atoms with Crippen molar-refractivity contribution in [2.75, 3.05) is 0 Å². The van der Waals surface area contributed by atoms with Gasteiger partial charge in [0.05, 0.1) is 0 Å². The van der Waals surface area contributed by atoms with Gasteiger partial charge in [-0.1, -0.05) is 0 Å². The fraction of sp³-hybridized carbons (Fsp3) is 0. The Labute approximate surface area is 361 Å². The van der Waals surface area contributed by atoms with E-state index in [1.54, 1.807) is 0 Å². The fourth-order valence-corrected chi connectivity index (χ4v) is 711. The summed E-state index contributed by atoms with van der Waals surface area (Å²) in [5, 5.41) is 0. The first-order valence-electron chi connectivity index (χ1n) is 7.51. The minimum absolute atomic E-state index is 0.430. The zero-order valence-corrected chi connectivity index (χ0v) is 56.9. The first-order valence-corrected chi connectivity index (χ1v) is 82.1. The largest absolute Gasteiger partial charge is 0.228 e. The molecule has 2 radical (unpaired) electrons. The van der Waals surface area contributed by atoms with Crippen LogP contribution < -0.4 is 0 Å². The summed E-state index contributed by atoms with van der Waals surface area (Å²) in [5.74, 6) is 0. The molecule has 0 amide bonds. The second kappa shape index (κ2) is 13.1. The number of rotatable bonds is 2. The summed E-state index contributed by atoms with van der Waals surface area (Å²) in [4.78, 5) is 0. The third-order valence-electron chi connectivity index (χ3n) is 5.04. The molecule has 190 valence electrons. The SMILES string of the molecule is Br[Si]1(Br)B([Si]B2[Si](Br)(Br)[Si](Br)(Br)[Si](Br)(Br)[Si](Br)(Br)[Si]2(Br)Br)[Si](Br)(Br)[Si](Br)(Br)[Si](Br)(Br)[Si]1(Br)Br. The molecule has 0 saturated carbocycles.